The predicted molar refractivity (Wildman–Crippen MR) is 110 cm³/mol. The third kappa shape index (κ3) is 5.28. The maximum Gasteiger partial charge on any atom is 0.270 e. The van der Waals surface area contributed by atoms with Crippen molar-refractivity contribution in [2.45, 2.75) is 26.2 Å². The Balaban J connectivity index is 1.91. The van der Waals surface area contributed by atoms with Crippen LogP contribution in [0, 0.1) is 17.0 Å². The van der Waals surface area contributed by atoms with Crippen molar-refractivity contribution < 1.29 is 14.5 Å². The second-order valence-corrected chi connectivity index (χ2v) is 7.08. The molecule has 2 aromatic carbocycles. The van der Waals surface area contributed by atoms with Gasteiger partial charge in [0.2, 0.25) is 0 Å². The predicted octanol–water partition coefficient (Wildman–Crippen LogP) is 3.69. The van der Waals surface area contributed by atoms with Gasteiger partial charge in [0.1, 0.15) is 5.70 Å². The number of piperidine rings is 1. The van der Waals surface area contributed by atoms with Crippen molar-refractivity contribution in [1.29, 1.82) is 0 Å². The fourth-order valence-corrected chi connectivity index (χ4v) is 3.21. The summed E-state index contributed by atoms with van der Waals surface area (Å²) in [6, 6.07) is 13.0. The average molecular weight is 393 g/mol. The SMILES string of the molecule is Cc1ccc(C(=O)N/C(=C\c2cccc([N+](=O)[O-])c2)C(=O)N2CCCCC2)cc1. The van der Waals surface area contributed by atoms with E-state index in [9.17, 15) is 19.7 Å². The number of amides is 2. The molecule has 29 heavy (non-hydrogen) atoms. The lowest BCUT2D eigenvalue weighted by Gasteiger charge is -2.27. The summed E-state index contributed by atoms with van der Waals surface area (Å²) in [7, 11) is 0. The van der Waals surface area contributed by atoms with Crippen LogP contribution in [0.15, 0.2) is 54.2 Å². The molecule has 0 atom stereocenters. The zero-order valence-corrected chi connectivity index (χ0v) is 16.3. The molecule has 7 heteroatoms. The van der Waals surface area contributed by atoms with Crippen molar-refractivity contribution in [2.24, 2.45) is 0 Å². The summed E-state index contributed by atoms with van der Waals surface area (Å²) in [5.74, 6) is -0.677. The van der Waals surface area contributed by atoms with Crippen molar-refractivity contribution in [3.05, 3.63) is 81.0 Å². The third-order valence-corrected chi connectivity index (χ3v) is 4.83. The van der Waals surface area contributed by atoms with Crippen LogP contribution in [-0.4, -0.2) is 34.7 Å². The topological polar surface area (TPSA) is 92.5 Å². The lowest BCUT2D eigenvalue weighted by atomic mass is 10.1. The van der Waals surface area contributed by atoms with E-state index in [-0.39, 0.29) is 17.3 Å². The van der Waals surface area contributed by atoms with Gasteiger partial charge in [-0.25, -0.2) is 0 Å². The fraction of sp³-hybridized carbons (Fsp3) is 0.273. The lowest BCUT2D eigenvalue weighted by molar-refractivity contribution is -0.384. The molecule has 0 aromatic heterocycles. The molecule has 1 aliphatic rings. The summed E-state index contributed by atoms with van der Waals surface area (Å²) in [5.41, 5.74) is 1.97. The highest BCUT2D eigenvalue weighted by Gasteiger charge is 2.22. The Labute approximate surface area is 169 Å². The molecular formula is C22H23N3O4. The fourth-order valence-electron chi connectivity index (χ4n) is 3.21. The molecule has 0 spiro atoms. The number of hydrogen-bond acceptors (Lipinski definition) is 4. The van der Waals surface area contributed by atoms with Crippen LogP contribution >= 0.6 is 0 Å². The van der Waals surface area contributed by atoms with Gasteiger partial charge in [-0.05, 0) is 50.0 Å². The van der Waals surface area contributed by atoms with Gasteiger partial charge in [-0.15, -0.1) is 0 Å². The molecule has 1 heterocycles. The van der Waals surface area contributed by atoms with E-state index >= 15 is 0 Å². The van der Waals surface area contributed by atoms with Gasteiger partial charge in [-0.2, -0.15) is 0 Å². The van der Waals surface area contributed by atoms with Crippen molar-refractivity contribution in [3.8, 4) is 0 Å². The van der Waals surface area contributed by atoms with E-state index in [1.165, 1.54) is 18.2 Å². The Hall–Kier alpha value is -3.48. The lowest BCUT2D eigenvalue weighted by Crippen LogP contribution is -2.41. The summed E-state index contributed by atoms with van der Waals surface area (Å²) in [5, 5.41) is 13.8. The first-order valence-corrected chi connectivity index (χ1v) is 9.57. The normalized spacial score (nSPS) is 14.4. The number of nitrogens with one attached hydrogen (secondary N) is 1. The number of hydrogen-bond donors (Lipinski definition) is 1. The van der Waals surface area contributed by atoms with Crippen LogP contribution in [0.5, 0.6) is 0 Å². The molecule has 1 N–H and O–H groups in total. The van der Waals surface area contributed by atoms with Crippen molar-refractivity contribution in [2.75, 3.05) is 13.1 Å². The Morgan fingerprint density at radius 2 is 1.76 bits per heavy atom. The highest BCUT2D eigenvalue weighted by molar-refractivity contribution is 6.05. The van der Waals surface area contributed by atoms with Crippen molar-refractivity contribution >= 4 is 23.6 Å². The van der Waals surface area contributed by atoms with Crippen molar-refractivity contribution in [1.82, 2.24) is 10.2 Å². The minimum absolute atomic E-state index is 0.0756. The summed E-state index contributed by atoms with van der Waals surface area (Å²) in [4.78, 5) is 38.0. The smallest absolute Gasteiger partial charge is 0.270 e. The third-order valence-electron chi connectivity index (χ3n) is 4.83. The summed E-state index contributed by atoms with van der Waals surface area (Å²) >= 11 is 0. The van der Waals surface area contributed by atoms with Gasteiger partial charge in [0.25, 0.3) is 17.5 Å². The van der Waals surface area contributed by atoms with Crippen LogP contribution in [0.4, 0.5) is 5.69 Å². The van der Waals surface area contributed by atoms with Crippen LogP contribution in [0.1, 0.15) is 40.7 Å². The maximum atomic E-state index is 13.1. The molecular weight excluding hydrogens is 370 g/mol. The highest BCUT2D eigenvalue weighted by atomic mass is 16.6. The van der Waals surface area contributed by atoms with Gasteiger partial charge >= 0.3 is 0 Å². The summed E-state index contributed by atoms with van der Waals surface area (Å²) < 4.78 is 0. The second-order valence-electron chi connectivity index (χ2n) is 7.08. The van der Waals surface area contributed by atoms with Crippen LogP contribution in [0.25, 0.3) is 6.08 Å². The Morgan fingerprint density at radius 3 is 2.41 bits per heavy atom. The minimum Gasteiger partial charge on any atom is -0.337 e. The monoisotopic (exact) mass is 393 g/mol. The minimum atomic E-state index is -0.492. The maximum absolute atomic E-state index is 13.1. The zero-order valence-electron chi connectivity index (χ0n) is 16.3. The standard InChI is InChI=1S/C22H23N3O4/c1-16-8-10-18(11-9-16)21(26)23-20(22(27)24-12-3-2-4-13-24)15-17-6-5-7-19(14-17)25(28)29/h5-11,14-15H,2-4,12-13H2,1H3,(H,23,26)/b20-15-. The molecule has 1 aliphatic heterocycles. The molecule has 2 aromatic rings. The van der Waals surface area contributed by atoms with Crippen LogP contribution in [0.2, 0.25) is 0 Å². The van der Waals surface area contributed by atoms with E-state index in [0.29, 0.717) is 24.2 Å². The summed E-state index contributed by atoms with van der Waals surface area (Å²) in [6.45, 7) is 3.19. The zero-order chi connectivity index (χ0) is 20.8. The molecule has 150 valence electrons. The van der Waals surface area contributed by atoms with Gasteiger partial charge in [-0.1, -0.05) is 29.8 Å². The van der Waals surface area contributed by atoms with E-state index in [1.54, 1.807) is 29.2 Å². The molecule has 3 rings (SSSR count). The van der Waals surface area contributed by atoms with Gasteiger partial charge in [0.15, 0.2) is 0 Å². The van der Waals surface area contributed by atoms with E-state index < -0.39 is 10.8 Å². The number of benzene rings is 2. The largest absolute Gasteiger partial charge is 0.337 e. The van der Waals surface area contributed by atoms with Crippen LogP contribution in [-0.2, 0) is 4.79 Å². The first-order valence-electron chi connectivity index (χ1n) is 9.57. The Morgan fingerprint density at radius 1 is 1.07 bits per heavy atom. The van der Waals surface area contributed by atoms with Crippen molar-refractivity contribution in [3.63, 3.8) is 0 Å². The Bertz CT molecular complexity index is 945. The first-order chi connectivity index (χ1) is 13.9. The Kier molecular flexibility index (Phi) is 6.39. The average Bonchev–Trinajstić information content (AvgIpc) is 2.74. The van der Waals surface area contributed by atoms with E-state index in [2.05, 4.69) is 5.32 Å². The summed E-state index contributed by atoms with van der Waals surface area (Å²) in [6.07, 6.45) is 4.41. The van der Waals surface area contributed by atoms with E-state index in [4.69, 9.17) is 0 Å². The molecule has 7 nitrogen and oxygen atoms in total. The van der Waals surface area contributed by atoms with Crippen LogP contribution < -0.4 is 5.32 Å². The number of nitrogens with zero attached hydrogens (tertiary/aromatic N) is 2. The number of nitro groups is 1. The van der Waals surface area contributed by atoms with E-state index in [1.807, 2.05) is 19.1 Å². The highest BCUT2D eigenvalue weighted by Crippen LogP contribution is 2.18. The van der Waals surface area contributed by atoms with Gasteiger partial charge in [0, 0.05) is 30.8 Å². The number of rotatable bonds is 5. The van der Waals surface area contributed by atoms with Gasteiger partial charge in [-0.3, -0.25) is 19.7 Å². The molecule has 1 saturated heterocycles. The number of carbonyl (C=O) groups excluding carboxylic acids is 2. The first kappa shape index (κ1) is 20.3. The number of nitro benzene ring substituents is 1. The number of likely N-dealkylation sites (tertiary alicyclic amines) is 1. The molecule has 0 unspecified atom stereocenters. The quantitative estimate of drug-likeness (QED) is 0.476. The molecule has 0 radical (unpaired) electrons. The number of aryl methyl sites for hydroxylation is 1. The van der Waals surface area contributed by atoms with Gasteiger partial charge in [0.05, 0.1) is 4.92 Å². The second kappa shape index (κ2) is 9.14. The van der Waals surface area contributed by atoms with E-state index in [0.717, 1.165) is 24.8 Å². The van der Waals surface area contributed by atoms with Crippen LogP contribution in [0.3, 0.4) is 0 Å². The molecule has 0 saturated carbocycles. The number of carbonyl (C=O) groups is 2. The number of non-ortho nitro benzene ring substituents is 1. The molecule has 1 fully saturated rings. The molecule has 0 aliphatic carbocycles. The molecule has 0 bridgehead atoms. The molecule has 2 amide bonds. The van der Waals surface area contributed by atoms with Gasteiger partial charge < -0.3 is 10.2 Å².